The van der Waals surface area contributed by atoms with E-state index >= 15 is 0 Å². The largest absolute Gasteiger partial charge is 0.311 e. The summed E-state index contributed by atoms with van der Waals surface area (Å²) in [6, 6.07) is 132. The SMILES string of the molecule is CC1(C)c2cc(-c3ccc(N(c4ccc(-c5ccccc5)cc4)c4ccc(-c5ccc(N(c6ccccc6)c6ccc(N(c7ccccc7)c7ccccc7)cc6)cc5)cc4)cc3)ccc2-c2cc3c(-c4ccccc4)c(-c4ccccc4)n(-c4ccccc4)c3cc21. The molecule has 0 aliphatic heterocycles. The van der Waals surface area contributed by atoms with Crippen LogP contribution in [-0.2, 0) is 5.41 Å². The maximum atomic E-state index is 2.49. The minimum Gasteiger partial charge on any atom is -0.311 e. The minimum atomic E-state index is -0.261. The van der Waals surface area contributed by atoms with E-state index in [9.17, 15) is 0 Å². The highest BCUT2D eigenvalue weighted by Crippen LogP contribution is 2.54. The Morgan fingerprint density at radius 3 is 0.925 bits per heavy atom. The molecule has 0 fully saturated rings. The molecule has 0 saturated carbocycles. The highest BCUT2D eigenvalue weighted by atomic mass is 15.2. The van der Waals surface area contributed by atoms with Gasteiger partial charge in [0.1, 0.15) is 0 Å². The molecule has 0 unspecified atom stereocenters. The van der Waals surface area contributed by atoms with Crippen LogP contribution in [0, 0.1) is 0 Å². The minimum absolute atomic E-state index is 0.261. The van der Waals surface area contributed by atoms with Gasteiger partial charge in [-0.2, -0.15) is 0 Å². The molecular formula is C89H66N4. The molecule has 93 heavy (non-hydrogen) atoms. The number of nitrogens with zero attached hydrogens (tertiary/aromatic N) is 4. The van der Waals surface area contributed by atoms with E-state index in [1.54, 1.807) is 0 Å². The molecule has 0 N–H and O–H groups in total. The summed E-state index contributed by atoms with van der Waals surface area (Å²) in [4.78, 5) is 6.99. The Labute approximate surface area is 545 Å². The molecule has 14 aromatic carbocycles. The van der Waals surface area contributed by atoms with Gasteiger partial charge in [0.05, 0.1) is 11.2 Å². The first-order chi connectivity index (χ1) is 45.9. The fraction of sp³-hybridized carbons (Fsp3) is 0.0337. The number of benzene rings is 14. The van der Waals surface area contributed by atoms with Gasteiger partial charge in [0.2, 0.25) is 0 Å². The van der Waals surface area contributed by atoms with Gasteiger partial charge < -0.3 is 19.3 Å². The lowest BCUT2D eigenvalue weighted by molar-refractivity contribution is 0.661. The van der Waals surface area contributed by atoms with E-state index < -0.39 is 0 Å². The van der Waals surface area contributed by atoms with Gasteiger partial charge in [0.15, 0.2) is 0 Å². The van der Waals surface area contributed by atoms with Crippen LogP contribution in [0.15, 0.2) is 364 Å². The molecule has 16 rings (SSSR count). The first kappa shape index (κ1) is 56.3. The first-order valence-electron chi connectivity index (χ1n) is 32.1. The third kappa shape index (κ3) is 10.5. The van der Waals surface area contributed by atoms with Gasteiger partial charge in [0, 0.05) is 73.2 Å². The van der Waals surface area contributed by atoms with Crippen LogP contribution < -0.4 is 14.7 Å². The third-order valence-electron chi connectivity index (χ3n) is 18.6. The molecule has 442 valence electrons. The van der Waals surface area contributed by atoms with Crippen molar-refractivity contribution in [2.45, 2.75) is 19.3 Å². The van der Waals surface area contributed by atoms with E-state index in [1.165, 1.54) is 77.8 Å². The van der Waals surface area contributed by atoms with Crippen molar-refractivity contribution in [3.8, 4) is 72.6 Å². The van der Waals surface area contributed by atoms with Gasteiger partial charge in [-0.1, -0.05) is 238 Å². The Balaban J connectivity index is 0.716. The smallest absolute Gasteiger partial charge is 0.0619 e. The highest BCUT2D eigenvalue weighted by Gasteiger charge is 2.37. The predicted octanol–water partition coefficient (Wildman–Crippen LogP) is 24.7. The van der Waals surface area contributed by atoms with Crippen LogP contribution in [-0.4, -0.2) is 4.57 Å². The fourth-order valence-corrected chi connectivity index (χ4v) is 14.0. The van der Waals surface area contributed by atoms with E-state index in [0.29, 0.717) is 0 Å². The summed E-state index contributed by atoms with van der Waals surface area (Å²) in [6.45, 7) is 4.80. The molecular weight excluding hydrogens is 1130 g/mol. The van der Waals surface area contributed by atoms with Crippen molar-refractivity contribution < 1.29 is 0 Å². The summed E-state index contributed by atoms with van der Waals surface area (Å²) in [7, 11) is 0. The molecule has 0 radical (unpaired) electrons. The van der Waals surface area contributed by atoms with E-state index in [2.05, 4.69) is 397 Å². The molecule has 0 amide bonds. The van der Waals surface area contributed by atoms with Crippen LogP contribution >= 0.6 is 0 Å². The summed E-state index contributed by atoms with van der Waals surface area (Å²) in [5.74, 6) is 0. The van der Waals surface area contributed by atoms with Crippen molar-refractivity contribution in [1.29, 1.82) is 0 Å². The Morgan fingerprint density at radius 1 is 0.237 bits per heavy atom. The molecule has 1 heterocycles. The second kappa shape index (κ2) is 24.1. The molecule has 4 heteroatoms. The van der Waals surface area contributed by atoms with Gasteiger partial charge >= 0.3 is 0 Å². The normalized spacial score (nSPS) is 12.1. The topological polar surface area (TPSA) is 14.7 Å². The van der Waals surface area contributed by atoms with E-state index in [0.717, 1.165) is 68.0 Å². The zero-order valence-corrected chi connectivity index (χ0v) is 51.9. The first-order valence-corrected chi connectivity index (χ1v) is 32.1. The van der Waals surface area contributed by atoms with Crippen LogP contribution in [0.3, 0.4) is 0 Å². The molecule has 1 aromatic heterocycles. The van der Waals surface area contributed by atoms with E-state index in [-0.39, 0.29) is 5.41 Å². The van der Waals surface area contributed by atoms with Gasteiger partial charge in [-0.3, -0.25) is 0 Å². The lowest BCUT2D eigenvalue weighted by Crippen LogP contribution is -2.15. The molecule has 0 atom stereocenters. The maximum Gasteiger partial charge on any atom is 0.0619 e. The highest BCUT2D eigenvalue weighted by molar-refractivity contribution is 6.09. The van der Waals surface area contributed by atoms with Crippen molar-refractivity contribution >= 4 is 62.1 Å². The molecule has 0 saturated heterocycles. The number of para-hydroxylation sites is 4. The van der Waals surface area contributed by atoms with Gasteiger partial charge in [-0.25, -0.2) is 0 Å². The van der Waals surface area contributed by atoms with Crippen molar-refractivity contribution in [2.24, 2.45) is 0 Å². The fourth-order valence-electron chi connectivity index (χ4n) is 14.0. The van der Waals surface area contributed by atoms with Gasteiger partial charge in [0.25, 0.3) is 0 Å². The number of rotatable bonds is 15. The average molecular weight is 1190 g/mol. The van der Waals surface area contributed by atoms with Gasteiger partial charge in [-0.05, 0) is 206 Å². The summed E-state index contributed by atoms with van der Waals surface area (Å²) >= 11 is 0. The lowest BCUT2D eigenvalue weighted by Gasteiger charge is -2.28. The van der Waals surface area contributed by atoms with Crippen LogP contribution in [0.1, 0.15) is 25.0 Å². The zero-order valence-electron chi connectivity index (χ0n) is 51.9. The summed E-state index contributed by atoms with van der Waals surface area (Å²) in [5.41, 5.74) is 29.0. The molecule has 0 spiro atoms. The molecule has 4 nitrogen and oxygen atoms in total. The Hall–Kier alpha value is -12.0. The summed E-state index contributed by atoms with van der Waals surface area (Å²) < 4.78 is 2.49. The van der Waals surface area contributed by atoms with Crippen molar-refractivity contribution in [1.82, 2.24) is 4.57 Å². The Bertz CT molecular complexity index is 5040. The molecule has 0 bridgehead atoms. The van der Waals surface area contributed by atoms with Crippen LogP contribution in [0.25, 0.3) is 83.5 Å². The second-order valence-electron chi connectivity index (χ2n) is 24.5. The van der Waals surface area contributed by atoms with E-state index in [1.807, 2.05) is 0 Å². The maximum absolute atomic E-state index is 2.49. The van der Waals surface area contributed by atoms with Crippen molar-refractivity contribution in [3.63, 3.8) is 0 Å². The van der Waals surface area contributed by atoms with Crippen LogP contribution in [0.5, 0.6) is 0 Å². The number of aromatic nitrogens is 1. The molecule has 15 aromatic rings. The molecule has 1 aliphatic rings. The predicted molar refractivity (Wildman–Crippen MR) is 392 cm³/mol. The molecule has 1 aliphatic carbocycles. The van der Waals surface area contributed by atoms with Gasteiger partial charge in [-0.15, -0.1) is 0 Å². The van der Waals surface area contributed by atoms with E-state index in [4.69, 9.17) is 0 Å². The number of fused-ring (bicyclic) bond motifs is 4. The number of hydrogen-bond acceptors (Lipinski definition) is 3. The lowest BCUT2D eigenvalue weighted by atomic mass is 9.81. The van der Waals surface area contributed by atoms with Crippen molar-refractivity contribution in [2.75, 3.05) is 14.7 Å². The summed E-state index contributed by atoms with van der Waals surface area (Å²) in [6.07, 6.45) is 0. The standard InChI is InChI=1S/C89H66N4/c1-89(2)84-60-70(46-59-81(84)82-61-83-86(62-85(82)89)93(74-36-22-9-23-37-74)88(69-28-14-5-15-29-69)87(83)68-26-12-4-13-27-68)67-44-53-78(54-45-67)92(76-47-38-64(39-48-76)63-24-10-3-11-25-63)77-51-42-66(43-52-77)65-40-49-75(50-41-65)91(73-34-20-8-21-35-73)80-57-55-79(56-58-80)90(71-30-16-6-17-31-71)72-32-18-7-19-33-72/h3-62H,1-2H3. The monoisotopic (exact) mass is 1190 g/mol. The van der Waals surface area contributed by atoms with Crippen molar-refractivity contribution in [3.05, 3.63) is 375 Å². The summed E-state index contributed by atoms with van der Waals surface area (Å²) in [5, 5.41) is 1.24. The Kier molecular flexibility index (Phi) is 14.6. The van der Waals surface area contributed by atoms with Crippen LogP contribution in [0.4, 0.5) is 51.2 Å². The quantitative estimate of drug-likeness (QED) is 0.102. The number of anilines is 9. The van der Waals surface area contributed by atoms with Crippen LogP contribution in [0.2, 0.25) is 0 Å². The Morgan fingerprint density at radius 2 is 0.527 bits per heavy atom. The second-order valence-corrected chi connectivity index (χ2v) is 24.5. The zero-order chi connectivity index (χ0) is 62.2. The third-order valence-corrected chi connectivity index (χ3v) is 18.6. The average Bonchev–Trinajstić information content (AvgIpc) is 1.55. The number of hydrogen-bond donors (Lipinski definition) is 0.